The fourth-order valence-corrected chi connectivity index (χ4v) is 2.29. The van der Waals surface area contributed by atoms with E-state index >= 15 is 0 Å². The van der Waals surface area contributed by atoms with Gasteiger partial charge in [0, 0.05) is 19.4 Å². The Morgan fingerprint density at radius 3 is 3.10 bits per heavy atom. The molecule has 1 aliphatic carbocycles. The largest absolute Gasteiger partial charge is 0.466 e. The number of nitrogens with zero attached hydrogens (tertiary/aromatic N) is 3. The van der Waals surface area contributed by atoms with Gasteiger partial charge in [0.05, 0.1) is 0 Å². The minimum absolute atomic E-state index is 0.347. The Bertz CT molecular complexity index is 691. The van der Waals surface area contributed by atoms with Gasteiger partial charge in [-0.1, -0.05) is 6.08 Å². The molecule has 0 saturated carbocycles. The highest BCUT2D eigenvalue weighted by Crippen LogP contribution is 2.26. The molecule has 2 aromatic heterocycles. The van der Waals surface area contributed by atoms with Gasteiger partial charge in [0.15, 0.2) is 5.65 Å². The van der Waals surface area contributed by atoms with E-state index in [1.165, 1.54) is 6.33 Å². The van der Waals surface area contributed by atoms with E-state index in [1.54, 1.807) is 30.0 Å². The summed E-state index contributed by atoms with van der Waals surface area (Å²) in [4.78, 5) is 4.12. The van der Waals surface area contributed by atoms with Crippen LogP contribution in [0.1, 0.15) is 6.92 Å². The van der Waals surface area contributed by atoms with Crippen molar-refractivity contribution in [2.24, 2.45) is 5.73 Å². The molecule has 0 radical (unpaired) electrons. The Hall–Kier alpha value is -2.18. The summed E-state index contributed by atoms with van der Waals surface area (Å²) in [5.74, 6) is 0.620. The molecule has 2 unspecified atom stereocenters. The van der Waals surface area contributed by atoms with Gasteiger partial charge in [0.1, 0.15) is 18.2 Å². The van der Waals surface area contributed by atoms with Crippen LogP contribution in [0.5, 0.6) is 5.75 Å². The second kappa shape index (κ2) is 4.73. The van der Waals surface area contributed by atoms with Crippen LogP contribution in [0.25, 0.3) is 5.65 Å². The number of rotatable bonds is 3. The highest BCUT2D eigenvalue weighted by molar-refractivity contribution is 5.43. The average molecular weight is 272 g/mol. The molecule has 2 heterocycles. The highest BCUT2D eigenvalue weighted by atomic mass is 16.6. The number of hydrogen-bond donors (Lipinski definition) is 1. The van der Waals surface area contributed by atoms with Crippen molar-refractivity contribution in [1.29, 1.82) is 0 Å². The van der Waals surface area contributed by atoms with Crippen molar-refractivity contribution < 1.29 is 9.47 Å². The molecule has 0 saturated heterocycles. The lowest BCUT2D eigenvalue weighted by Crippen LogP contribution is -2.55. The topological polar surface area (TPSA) is 74.7 Å². The van der Waals surface area contributed by atoms with E-state index in [0.717, 1.165) is 5.57 Å². The lowest BCUT2D eigenvalue weighted by atomic mass is 9.97. The van der Waals surface area contributed by atoms with E-state index < -0.39 is 5.72 Å². The van der Waals surface area contributed by atoms with Gasteiger partial charge in [-0.05, 0) is 30.7 Å². The molecule has 2 aromatic rings. The van der Waals surface area contributed by atoms with Gasteiger partial charge in [-0.15, -0.1) is 0 Å². The summed E-state index contributed by atoms with van der Waals surface area (Å²) >= 11 is 0. The summed E-state index contributed by atoms with van der Waals surface area (Å²) < 4.78 is 13.0. The zero-order valence-electron chi connectivity index (χ0n) is 11.4. The lowest BCUT2D eigenvalue weighted by Gasteiger charge is -2.35. The molecule has 0 spiro atoms. The molecule has 2 N–H and O–H groups in total. The van der Waals surface area contributed by atoms with Crippen molar-refractivity contribution in [2.75, 3.05) is 7.11 Å². The van der Waals surface area contributed by atoms with E-state index in [1.807, 2.05) is 25.2 Å². The molecule has 20 heavy (non-hydrogen) atoms. The molecule has 1 aliphatic rings. The molecule has 104 valence electrons. The third kappa shape index (κ3) is 2.19. The fourth-order valence-electron chi connectivity index (χ4n) is 2.29. The third-order valence-electron chi connectivity index (χ3n) is 3.23. The first-order valence-corrected chi connectivity index (χ1v) is 6.28. The number of methoxy groups -OCH3 is 1. The van der Waals surface area contributed by atoms with Gasteiger partial charge in [-0.25, -0.2) is 9.50 Å². The van der Waals surface area contributed by atoms with Gasteiger partial charge in [-0.3, -0.25) is 5.73 Å². The molecule has 0 bridgehead atoms. The monoisotopic (exact) mass is 272 g/mol. The summed E-state index contributed by atoms with van der Waals surface area (Å²) in [7, 11) is 1.61. The van der Waals surface area contributed by atoms with Crippen molar-refractivity contribution in [1.82, 2.24) is 14.6 Å². The molecular formula is C14H16N4O2. The summed E-state index contributed by atoms with van der Waals surface area (Å²) in [6, 6.07) is 3.58. The number of ether oxygens (including phenoxy) is 2. The maximum atomic E-state index is 6.34. The standard InChI is InChI=1S/C14H16N4O2/c1-10-3-4-12(19-2)14(15,8-10)20-11-5-6-18-13(7-11)16-9-17-18/h3-9,12H,15H2,1-2H3. The Morgan fingerprint density at radius 2 is 2.30 bits per heavy atom. The predicted molar refractivity (Wildman–Crippen MR) is 74.2 cm³/mol. The molecular weight excluding hydrogens is 256 g/mol. The van der Waals surface area contributed by atoms with Crippen molar-refractivity contribution >= 4 is 5.65 Å². The fraction of sp³-hybridized carbons (Fsp3) is 0.286. The number of fused-ring (bicyclic) bond motifs is 1. The quantitative estimate of drug-likeness (QED) is 0.852. The Morgan fingerprint density at radius 1 is 1.45 bits per heavy atom. The van der Waals surface area contributed by atoms with Crippen LogP contribution < -0.4 is 10.5 Å². The Labute approximate surface area is 116 Å². The van der Waals surface area contributed by atoms with E-state index in [9.17, 15) is 0 Å². The average Bonchev–Trinajstić information content (AvgIpc) is 2.85. The number of allylic oxidation sites excluding steroid dienone is 2. The third-order valence-corrected chi connectivity index (χ3v) is 3.23. The van der Waals surface area contributed by atoms with E-state index in [2.05, 4.69) is 10.1 Å². The van der Waals surface area contributed by atoms with Gasteiger partial charge in [-0.2, -0.15) is 5.10 Å². The highest BCUT2D eigenvalue weighted by Gasteiger charge is 2.36. The van der Waals surface area contributed by atoms with Crippen LogP contribution in [0.2, 0.25) is 0 Å². The van der Waals surface area contributed by atoms with Crippen molar-refractivity contribution in [3.63, 3.8) is 0 Å². The number of hydrogen-bond acceptors (Lipinski definition) is 5. The summed E-state index contributed by atoms with van der Waals surface area (Å²) in [6.45, 7) is 1.97. The van der Waals surface area contributed by atoms with Gasteiger partial charge >= 0.3 is 0 Å². The van der Waals surface area contributed by atoms with Crippen LogP contribution in [0, 0.1) is 0 Å². The molecule has 6 heteroatoms. The normalized spacial score (nSPS) is 25.8. The Balaban J connectivity index is 1.93. The maximum absolute atomic E-state index is 6.34. The van der Waals surface area contributed by atoms with Gasteiger partial charge < -0.3 is 9.47 Å². The zero-order valence-corrected chi connectivity index (χ0v) is 11.4. The van der Waals surface area contributed by atoms with Crippen molar-refractivity contribution in [2.45, 2.75) is 18.8 Å². The van der Waals surface area contributed by atoms with E-state index in [-0.39, 0.29) is 6.10 Å². The first kappa shape index (κ1) is 12.8. The smallest absolute Gasteiger partial charge is 0.208 e. The van der Waals surface area contributed by atoms with Crippen LogP contribution in [0.15, 0.2) is 48.5 Å². The molecule has 3 rings (SSSR count). The molecule has 0 aliphatic heterocycles. The first-order chi connectivity index (χ1) is 9.60. The number of aromatic nitrogens is 3. The molecule has 0 aromatic carbocycles. The van der Waals surface area contributed by atoms with Gasteiger partial charge in [0.2, 0.25) is 5.72 Å². The van der Waals surface area contributed by atoms with Crippen molar-refractivity contribution in [3.05, 3.63) is 48.5 Å². The Kier molecular flexibility index (Phi) is 3.04. The van der Waals surface area contributed by atoms with E-state index in [4.69, 9.17) is 15.2 Å². The second-order valence-corrected chi connectivity index (χ2v) is 4.78. The first-order valence-electron chi connectivity index (χ1n) is 6.28. The molecule has 2 atom stereocenters. The predicted octanol–water partition coefficient (Wildman–Crippen LogP) is 1.29. The van der Waals surface area contributed by atoms with Crippen LogP contribution in [-0.4, -0.2) is 33.5 Å². The number of pyridine rings is 1. The summed E-state index contributed by atoms with van der Waals surface area (Å²) in [5, 5.41) is 4.04. The molecule has 0 fully saturated rings. The summed E-state index contributed by atoms with van der Waals surface area (Å²) in [6.07, 6.45) is 8.63. The zero-order chi connectivity index (χ0) is 14.2. The lowest BCUT2D eigenvalue weighted by molar-refractivity contribution is -0.0169. The second-order valence-electron chi connectivity index (χ2n) is 4.78. The van der Waals surface area contributed by atoms with Crippen LogP contribution in [0.3, 0.4) is 0 Å². The SMILES string of the molecule is COC1C=CC(C)=CC1(N)Oc1ccn2ncnc2c1. The van der Waals surface area contributed by atoms with Crippen molar-refractivity contribution in [3.8, 4) is 5.75 Å². The minimum atomic E-state index is -1.04. The van der Waals surface area contributed by atoms with Crippen LogP contribution in [-0.2, 0) is 4.74 Å². The maximum Gasteiger partial charge on any atom is 0.208 e. The molecule has 6 nitrogen and oxygen atoms in total. The van der Waals surface area contributed by atoms with Crippen LogP contribution >= 0.6 is 0 Å². The van der Waals surface area contributed by atoms with E-state index in [0.29, 0.717) is 11.4 Å². The minimum Gasteiger partial charge on any atom is -0.466 e. The van der Waals surface area contributed by atoms with Crippen LogP contribution in [0.4, 0.5) is 0 Å². The number of nitrogens with two attached hydrogens (primary N) is 1. The summed E-state index contributed by atoms with van der Waals surface area (Å²) in [5.41, 5.74) is 7.04. The van der Waals surface area contributed by atoms with Gasteiger partial charge in [0.25, 0.3) is 0 Å². The molecule has 0 amide bonds.